The minimum Gasteiger partial charge on any atom is -0.347 e. The monoisotopic (exact) mass is 349 g/mol. The second-order valence-electron chi connectivity index (χ2n) is 6.22. The third-order valence-electron chi connectivity index (χ3n) is 4.35. The first kappa shape index (κ1) is 18.8. The van der Waals surface area contributed by atoms with Crippen LogP contribution in [-0.2, 0) is 15.3 Å². The number of thioether (sulfide) groups is 1. The molecule has 0 saturated carbocycles. The highest BCUT2D eigenvalue weighted by atomic mass is 32.2. The molecule has 2 N–H and O–H groups in total. The molecule has 1 atom stereocenters. The summed E-state index contributed by atoms with van der Waals surface area (Å²) in [4.78, 5) is 26.2. The third-order valence-corrected chi connectivity index (χ3v) is 4.98. The molecule has 0 radical (unpaired) electrons. The maximum absolute atomic E-state index is 11.9. The normalized spacial score (nSPS) is 18.2. The van der Waals surface area contributed by atoms with Crippen LogP contribution in [0, 0.1) is 0 Å². The van der Waals surface area contributed by atoms with E-state index in [-0.39, 0.29) is 0 Å². The summed E-state index contributed by atoms with van der Waals surface area (Å²) in [6, 6.07) is 8.13. The van der Waals surface area contributed by atoms with E-state index in [1.54, 1.807) is 11.8 Å². The molecule has 2 amide bonds. The third kappa shape index (κ3) is 5.83. The van der Waals surface area contributed by atoms with Crippen LogP contribution in [0.5, 0.6) is 0 Å². The zero-order valence-corrected chi connectivity index (χ0v) is 15.3. The number of benzene rings is 1. The van der Waals surface area contributed by atoms with Crippen molar-refractivity contribution in [1.29, 1.82) is 0 Å². The van der Waals surface area contributed by atoms with Crippen molar-refractivity contribution >= 4 is 29.3 Å². The lowest BCUT2D eigenvalue weighted by atomic mass is 10.0. The molecule has 1 heterocycles. The number of nitrogens with zero attached hydrogens (tertiary/aromatic N) is 1. The topological polar surface area (TPSA) is 61.4 Å². The smallest absolute Gasteiger partial charge is 0.313 e. The molecule has 5 nitrogen and oxygen atoms in total. The number of likely N-dealkylation sites (tertiary alicyclic amines) is 1. The van der Waals surface area contributed by atoms with Crippen molar-refractivity contribution in [1.82, 2.24) is 10.2 Å². The molecule has 0 aliphatic carbocycles. The molecule has 0 bridgehead atoms. The highest BCUT2D eigenvalue weighted by molar-refractivity contribution is 7.97. The van der Waals surface area contributed by atoms with Crippen LogP contribution in [0.2, 0.25) is 0 Å². The zero-order valence-electron chi connectivity index (χ0n) is 14.5. The Morgan fingerprint density at radius 2 is 1.96 bits per heavy atom. The predicted molar refractivity (Wildman–Crippen MR) is 100 cm³/mol. The summed E-state index contributed by atoms with van der Waals surface area (Å²) in [6.07, 6.45) is 5.75. The Balaban J connectivity index is 1.72. The molecule has 1 aliphatic rings. The second kappa shape index (κ2) is 9.69. The van der Waals surface area contributed by atoms with E-state index in [1.165, 1.54) is 24.8 Å². The number of carbonyl (C=O) groups excluding carboxylic acids is 2. The molecule has 0 spiro atoms. The molecule has 1 aromatic carbocycles. The molecule has 2 rings (SSSR count). The van der Waals surface area contributed by atoms with E-state index in [4.69, 9.17) is 0 Å². The fourth-order valence-electron chi connectivity index (χ4n) is 2.92. The first-order valence-corrected chi connectivity index (χ1v) is 9.90. The number of hydrogen-bond acceptors (Lipinski definition) is 4. The van der Waals surface area contributed by atoms with Crippen LogP contribution in [0.4, 0.5) is 5.69 Å². The van der Waals surface area contributed by atoms with E-state index in [0.717, 1.165) is 18.8 Å². The van der Waals surface area contributed by atoms with Crippen molar-refractivity contribution < 1.29 is 9.59 Å². The van der Waals surface area contributed by atoms with Crippen molar-refractivity contribution in [3.05, 3.63) is 29.8 Å². The maximum atomic E-state index is 11.9. The quantitative estimate of drug-likeness (QED) is 0.775. The summed E-state index contributed by atoms with van der Waals surface area (Å²) in [5.41, 5.74) is 1.84. The lowest BCUT2D eigenvalue weighted by Crippen LogP contribution is -2.44. The number of anilines is 1. The minimum absolute atomic E-state index is 0.503. The number of carbonyl (C=O) groups is 2. The molecule has 132 valence electrons. The first-order chi connectivity index (χ1) is 11.6. The SMILES string of the molecule is CSCc1ccc(NC(=O)C(=O)NCCN2CCCC[C@@H]2C)cc1. The average Bonchev–Trinajstić information content (AvgIpc) is 2.58. The lowest BCUT2D eigenvalue weighted by molar-refractivity contribution is -0.136. The summed E-state index contributed by atoms with van der Waals surface area (Å²) in [6.45, 7) is 4.59. The standard InChI is InChI=1S/C18H27N3O2S/c1-14-5-3-4-11-21(14)12-10-19-17(22)18(23)20-16-8-6-15(7-9-16)13-24-2/h6-9,14H,3-5,10-13H2,1-2H3,(H,19,22)(H,20,23)/t14-/m0/s1. The Hall–Kier alpha value is -1.53. The average molecular weight is 350 g/mol. The Bertz CT molecular complexity index is 548. The van der Waals surface area contributed by atoms with Crippen LogP contribution < -0.4 is 10.6 Å². The van der Waals surface area contributed by atoms with Crippen molar-refractivity contribution in [3.8, 4) is 0 Å². The van der Waals surface area contributed by atoms with Gasteiger partial charge in [-0.3, -0.25) is 14.5 Å². The summed E-state index contributed by atoms with van der Waals surface area (Å²) in [5.74, 6) is -0.254. The van der Waals surface area contributed by atoms with Gasteiger partial charge in [-0.2, -0.15) is 11.8 Å². The van der Waals surface area contributed by atoms with Gasteiger partial charge in [-0.15, -0.1) is 0 Å². The molecule has 6 heteroatoms. The molecule has 1 aromatic rings. The van der Waals surface area contributed by atoms with Gasteiger partial charge in [0.15, 0.2) is 0 Å². The summed E-state index contributed by atoms with van der Waals surface area (Å²) >= 11 is 1.74. The van der Waals surface area contributed by atoms with Gasteiger partial charge in [-0.05, 0) is 50.3 Å². The summed E-state index contributed by atoms with van der Waals surface area (Å²) in [5, 5.41) is 5.34. The highest BCUT2D eigenvalue weighted by Crippen LogP contribution is 2.15. The Morgan fingerprint density at radius 1 is 1.21 bits per heavy atom. The summed E-state index contributed by atoms with van der Waals surface area (Å²) < 4.78 is 0. The molecule has 0 aromatic heterocycles. The van der Waals surface area contributed by atoms with Crippen LogP contribution in [-0.4, -0.2) is 48.6 Å². The molecule has 24 heavy (non-hydrogen) atoms. The van der Waals surface area contributed by atoms with Gasteiger partial charge in [0.1, 0.15) is 0 Å². The van der Waals surface area contributed by atoms with Gasteiger partial charge in [0.2, 0.25) is 0 Å². The predicted octanol–water partition coefficient (Wildman–Crippen LogP) is 2.48. The van der Waals surface area contributed by atoms with Gasteiger partial charge in [-0.1, -0.05) is 18.6 Å². The van der Waals surface area contributed by atoms with Gasteiger partial charge in [0.25, 0.3) is 0 Å². The van der Waals surface area contributed by atoms with Crippen molar-refractivity contribution in [2.45, 2.75) is 38.0 Å². The van der Waals surface area contributed by atoms with Gasteiger partial charge in [-0.25, -0.2) is 0 Å². The van der Waals surface area contributed by atoms with E-state index in [1.807, 2.05) is 30.5 Å². The molecule has 1 fully saturated rings. The number of amides is 2. The van der Waals surface area contributed by atoms with E-state index >= 15 is 0 Å². The minimum atomic E-state index is -0.612. The largest absolute Gasteiger partial charge is 0.347 e. The van der Waals surface area contributed by atoms with E-state index in [2.05, 4.69) is 22.5 Å². The van der Waals surface area contributed by atoms with Gasteiger partial charge < -0.3 is 10.6 Å². The van der Waals surface area contributed by atoms with Gasteiger partial charge >= 0.3 is 11.8 Å². The number of piperidine rings is 1. The Labute approximate surface area is 148 Å². The maximum Gasteiger partial charge on any atom is 0.313 e. The fraction of sp³-hybridized carbons (Fsp3) is 0.556. The number of hydrogen-bond donors (Lipinski definition) is 2. The Kier molecular flexibility index (Phi) is 7.59. The lowest BCUT2D eigenvalue weighted by Gasteiger charge is -2.33. The second-order valence-corrected chi connectivity index (χ2v) is 7.09. The molecular weight excluding hydrogens is 322 g/mol. The van der Waals surface area contributed by atoms with Crippen molar-refractivity contribution in [2.75, 3.05) is 31.2 Å². The summed E-state index contributed by atoms with van der Waals surface area (Å²) in [7, 11) is 0. The van der Waals surface area contributed by atoms with E-state index in [0.29, 0.717) is 18.3 Å². The van der Waals surface area contributed by atoms with E-state index < -0.39 is 11.8 Å². The first-order valence-electron chi connectivity index (χ1n) is 8.51. The van der Waals surface area contributed by atoms with Gasteiger partial charge in [0, 0.05) is 30.6 Å². The van der Waals surface area contributed by atoms with Crippen molar-refractivity contribution in [3.63, 3.8) is 0 Å². The molecule has 0 unspecified atom stereocenters. The number of rotatable bonds is 6. The van der Waals surface area contributed by atoms with Crippen molar-refractivity contribution in [2.24, 2.45) is 0 Å². The van der Waals surface area contributed by atoms with Crippen LogP contribution >= 0.6 is 11.8 Å². The van der Waals surface area contributed by atoms with Crippen LogP contribution in [0.15, 0.2) is 24.3 Å². The molecule has 1 aliphatic heterocycles. The van der Waals surface area contributed by atoms with Crippen LogP contribution in [0.3, 0.4) is 0 Å². The molecular formula is C18H27N3O2S. The fourth-order valence-corrected chi connectivity index (χ4v) is 3.45. The highest BCUT2D eigenvalue weighted by Gasteiger charge is 2.18. The van der Waals surface area contributed by atoms with Crippen LogP contribution in [0.1, 0.15) is 31.7 Å². The van der Waals surface area contributed by atoms with E-state index in [9.17, 15) is 9.59 Å². The zero-order chi connectivity index (χ0) is 17.4. The Morgan fingerprint density at radius 3 is 2.62 bits per heavy atom. The van der Waals surface area contributed by atoms with Gasteiger partial charge in [0.05, 0.1) is 0 Å². The number of nitrogens with one attached hydrogen (secondary N) is 2. The molecule has 1 saturated heterocycles. The van der Waals surface area contributed by atoms with Crippen LogP contribution in [0.25, 0.3) is 0 Å².